The second kappa shape index (κ2) is 38.5. The molecule has 0 spiro atoms. The predicted molar refractivity (Wildman–Crippen MR) is 424 cm³/mol. The third-order valence-electron chi connectivity index (χ3n) is 19.5. The number of amides is 1. The molecule has 1 amide bonds. The summed E-state index contributed by atoms with van der Waals surface area (Å²) >= 11 is 3.11. The summed E-state index contributed by atoms with van der Waals surface area (Å²) in [6.07, 6.45) is -9.08. The van der Waals surface area contributed by atoms with Gasteiger partial charge in [-0.25, -0.2) is 76.2 Å². The Balaban J connectivity index is 0.000000154. The minimum Gasteiger partial charge on any atom is -0.459 e. The molecule has 0 bridgehead atoms. The molecule has 4 aliphatic rings. The minimum absolute atomic E-state index is 0.113. The molecule has 0 saturated carbocycles. The zero-order valence-corrected chi connectivity index (χ0v) is 66.6. The number of nitrogens with one attached hydrogen (secondary N) is 1. The number of fused-ring (bicyclic) bond motifs is 2. The Morgan fingerprint density at radius 3 is 1.17 bits per heavy atom. The van der Waals surface area contributed by atoms with E-state index in [1.54, 1.807) is 200 Å². The van der Waals surface area contributed by atoms with Gasteiger partial charge in [0, 0.05) is 12.5 Å². The third-order valence-corrected chi connectivity index (χ3v) is 20.7. The molecule has 4 aromatic heterocycles. The average molecular weight is 1730 g/mol. The number of esters is 7. The smallest absolute Gasteiger partial charge is 0.338 e. The van der Waals surface area contributed by atoms with E-state index in [1.165, 1.54) is 67.3 Å². The fourth-order valence-corrected chi connectivity index (χ4v) is 13.7. The van der Waals surface area contributed by atoms with Crippen LogP contribution in [0.2, 0.25) is 0 Å². The topological polar surface area (TPSA) is 404 Å². The summed E-state index contributed by atoms with van der Waals surface area (Å²) in [6, 6.07) is 57.9. The Morgan fingerprint density at radius 1 is 0.430 bits per heavy atom. The summed E-state index contributed by atoms with van der Waals surface area (Å²) in [5.74, 6) is -4.98. The molecule has 7 aromatic carbocycles. The molecule has 4 fully saturated rings. The van der Waals surface area contributed by atoms with Gasteiger partial charge in [-0.05, 0) is 113 Å². The van der Waals surface area contributed by atoms with E-state index in [1.807, 2.05) is 0 Å². The number of carbonyl (C=O) groups is 8. The third kappa shape index (κ3) is 20.2. The van der Waals surface area contributed by atoms with Gasteiger partial charge in [0.05, 0.1) is 52.6 Å². The number of aliphatic hydroxyl groups excluding tert-OH is 2. The van der Waals surface area contributed by atoms with Crippen molar-refractivity contribution in [3.63, 3.8) is 0 Å². The van der Waals surface area contributed by atoms with Crippen molar-refractivity contribution in [2.75, 3.05) is 37.5 Å². The van der Waals surface area contributed by atoms with E-state index in [0.717, 1.165) is 13.8 Å². The van der Waals surface area contributed by atoms with Gasteiger partial charge in [-0.2, -0.15) is 0 Å². The largest absolute Gasteiger partial charge is 0.459 e. The van der Waals surface area contributed by atoms with Crippen LogP contribution < -0.4 is 11.1 Å². The van der Waals surface area contributed by atoms with Crippen LogP contribution in [-0.4, -0.2) is 206 Å². The number of nitrogen functional groups attached to an aromatic ring is 1. The van der Waals surface area contributed by atoms with Crippen LogP contribution in [0, 0.1) is 0 Å². The van der Waals surface area contributed by atoms with Crippen molar-refractivity contribution < 1.29 is 118 Å². The van der Waals surface area contributed by atoms with Gasteiger partial charge < -0.3 is 73.4 Å². The van der Waals surface area contributed by atoms with Crippen molar-refractivity contribution >= 4 is 97.6 Å². The number of halogens is 5. The summed E-state index contributed by atoms with van der Waals surface area (Å²) < 4.78 is 124. The first kappa shape index (κ1) is 87.5. The molecular weight excluding hydrogens is 1650 g/mol. The Hall–Kier alpha value is -12.8. The number of nitrogens with zero attached hydrogens (tertiary/aromatic N) is 8. The lowest BCUT2D eigenvalue weighted by Gasteiger charge is -2.27. The van der Waals surface area contributed by atoms with Crippen molar-refractivity contribution in [1.82, 2.24) is 39.0 Å². The zero-order valence-electron chi connectivity index (χ0n) is 65.0. The maximum absolute atomic E-state index is 16.8. The van der Waals surface area contributed by atoms with Gasteiger partial charge in [0.15, 0.2) is 81.2 Å². The number of rotatable bonds is 21. The average Bonchev–Trinajstić information content (AvgIpc) is 1.60. The number of benzene rings is 7. The van der Waals surface area contributed by atoms with Gasteiger partial charge in [0.1, 0.15) is 68.5 Å². The first-order valence-corrected chi connectivity index (χ1v) is 38.3. The van der Waals surface area contributed by atoms with Crippen LogP contribution in [0.1, 0.15) is 120 Å². The molecular formula is C85H79BrF4N10O21. The second-order valence-corrected chi connectivity index (χ2v) is 29.1. The second-order valence-electron chi connectivity index (χ2n) is 28.3. The number of hydrogen-bond donors (Lipinski definition) is 4. The minimum atomic E-state index is -2.36. The van der Waals surface area contributed by atoms with Crippen LogP contribution in [0.15, 0.2) is 238 Å². The maximum atomic E-state index is 16.8. The summed E-state index contributed by atoms with van der Waals surface area (Å²) in [5.41, 5.74) is -0.0582. The van der Waals surface area contributed by atoms with Crippen molar-refractivity contribution in [1.29, 1.82) is 0 Å². The van der Waals surface area contributed by atoms with Gasteiger partial charge >= 0.3 is 41.8 Å². The van der Waals surface area contributed by atoms with Crippen LogP contribution in [0.3, 0.4) is 0 Å². The molecule has 0 radical (unpaired) electrons. The molecule has 630 valence electrons. The number of ether oxygens (including phenoxy) is 11. The van der Waals surface area contributed by atoms with Gasteiger partial charge in [0.25, 0.3) is 5.91 Å². The molecule has 121 heavy (non-hydrogen) atoms. The number of anilines is 2. The lowest BCUT2D eigenvalue weighted by molar-refractivity contribution is -0.193. The standard InChI is InChI=1S/C32H26FN5O6.C22H21FO7.C20H18BrFO5.C11H14FN5O3/c1-32(33)25(44-30(41)22-15-9-4-10-16-22)23(17-42-29(40)21-13-7-3-8-14-21)43-31(32)38-19-36-24-26(34-18-35-27(24)38)37-28(39)20-11-5-2-6-12-20;1-14(24)28-21-22(2,23)18(30-20(26)16-11-7-4-8-12-16)17(29-21)13-27-19(25)15-9-5-3-6-10-15;1-20(22)16(27-18(24)14-10-6-3-7-11-14)15(26-19(20)21)12-25-17(23)13-8-4-2-5-9-13;1-11(12)7(19)5(2-18)20-10(11)17-4-16-6-8(13)14-3-15-9(6)17/h2-16,18-19,23,25,31H,17H2,1H3,(H,34,35,37,39);3-12,17-18,21H,13H2,1-2H3;2-11,15-16,19H,12H2,1H3;3-5,7,10,18-19H,2H2,1H3,(H2,13,14,15). The SMILES string of the molecule is CC(=O)OC1OC(COC(=O)c2ccccc2)C(OC(=O)c2ccccc2)C1(C)F.CC1(F)C(Br)OC(COC(=O)c2ccccc2)C1OC(=O)c1ccccc1.CC1(F)C(O)C(CO)OC1n1cnc2c(N)ncnc21.CC1(F)C(OC(=O)c2ccccc2)C(COC(=O)c2ccccc2)OC1n1cnc2c(NC(=O)c3ccccc3)ncnc21. The highest BCUT2D eigenvalue weighted by Crippen LogP contribution is 2.47. The van der Waals surface area contributed by atoms with Gasteiger partial charge in [0.2, 0.25) is 12.0 Å². The highest BCUT2D eigenvalue weighted by Gasteiger charge is 2.62. The van der Waals surface area contributed by atoms with E-state index < -0.39 is 163 Å². The molecule has 36 heteroatoms. The van der Waals surface area contributed by atoms with Crippen molar-refractivity contribution in [2.24, 2.45) is 0 Å². The molecule has 16 unspecified atom stereocenters. The summed E-state index contributed by atoms with van der Waals surface area (Å²) in [7, 11) is 0. The van der Waals surface area contributed by atoms with E-state index in [2.05, 4.69) is 51.2 Å². The zero-order chi connectivity index (χ0) is 86.3. The molecule has 5 N–H and O–H groups in total. The number of aromatic nitrogens is 8. The van der Waals surface area contributed by atoms with E-state index in [0.29, 0.717) is 39.0 Å². The van der Waals surface area contributed by atoms with Gasteiger partial charge in [-0.15, -0.1) is 0 Å². The number of alkyl halides is 5. The van der Waals surface area contributed by atoms with Gasteiger partial charge in [-0.3, -0.25) is 18.7 Å². The fraction of sp³-hybridized carbons (Fsp3) is 0.294. The maximum Gasteiger partial charge on any atom is 0.338 e. The Labute approximate surface area is 695 Å². The monoisotopic (exact) mass is 1730 g/mol. The number of aliphatic hydroxyl groups is 2. The molecule has 16 atom stereocenters. The van der Waals surface area contributed by atoms with E-state index in [-0.39, 0.29) is 40.5 Å². The quantitative estimate of drug-likeness (QED) is 0.0225. The summed E-state index contributed by atoms with van der Waals surface area (Å²) in [4.78, 5) is 124. The first-order valence-electron chi connectivity index (χ1n) is 37.4. The molecule has 0 aliphatic carbocycles. The van der Waals surface area contributed by atoms with Crippen molar-refractivity contribution in [3.8, 4) is 0 Å². The van der Waals surface area contributed by atoms with Crippen LogP contribution >= 0.6 is 15.9 Å². The molecule has 11 aromatic rings. The summed E-state index contributed by atoms with van der Waals surface area (Å²) in [6.45, 7) is 4.36. The number of imidazole rings is 2. The van der Waals surface area contributed by atoms with Gasteiger partial charge in [-0.1, -0.05) is 143 Å². The lowest BCUT2D eigenvalue weighted by atomic mass is 9.98. The molecule has 15 rings (SSSR count). The summed E-state index contributed by atoms with van der Waals surface area (Å²) in [5, 5.41) is 20.7. The normalized spacial score (nSPS) is 25.6. The lowest BCUT2D eigenvalue weighted by Crippen LogP contribution is -2.46. The fourth-order valence-electron chi connectivity index (χ4n) is 13.2. The van der Waals surface area contributed by atoms with E-state index in [4.69, 9.17) is 62.9 Å². The van der Waals surface area contributed by atoms with Crippen LogP contribution in [0.5, 0.6) is 0 Å². The highest BCUT2D eigenvalue weighted by molar-refractivity contribution is 9.09. The van der Waals surface area contributed by atoms with Crippen molar-refractivity contribution in [2.45, 2.75) is 130 Å². The molecule has 4 aliphatic heterocycles. The Kier molecular flexibility index (Phi) is 27.8. The van der Waals surface area contributed by atoms with E-state index in [9.17, 15) is 47.9 Å². The first-order chi connectivity index (χ1) is 58.0. The Bertz CT molecular complexity index is 5430. The molecule has 8 heterocycles. The number of nitrogens with two attached hydrogens (primary N) is 1. The predicted octanol–water partition coefficient (Wildman–Crippen LogP) is 11.2. The van der Waals surface area contributed by atoms with Crippen LogP contribution in [0.4, 0.5) is 29.2 Å². The highest BCUT2D eigenvalue weighted by atomic mass is 79.9. The van der Waals surface area contributed by atoms with Crippen LogP contribution in [0.25, 0.3) is 22.3 Å². The van der Waals surface area contributed by atoms with Crippen molar-refractivity contribution in [3.05, 3.63) is 277 Å². The molecule has 31 nitrogen and oxygen atoms in total. The van der Waals surface area contributed by atoms with E-state index >= 15 is 13.2 Å². The number of hydrogen-bond acceptors (Lipinski definition) is 28. The molecule has 4 saturated heterocycles. The van der Waals surface area contributed by atoms with Crippen LogP contribution in [-0.2, 0) is 56.9 Å². The Morgan fingerprint density at radius 2 is 0.769 bits per heavy atom. The number of carbonyl (C=O) groups excluding carboxylic acids is 8.